The number of benzene rings is 2. The molecule has 2 heterocycles. The van der Waals surface area contributed by atoms with Crippen molar-refractivity contribution in [2.24, 2.45) is 5.73 Å². The molecule has 5 rings (SSSR count). The molecule has 3 amide bonds. The number of nitrogen functional groups attached to an aromatic ring is 1. The van der Waals surface area contributed by atoms with E-state index in [1.807, 2.05) is 6.07 Å². The summed E-state index contributed by atoms with van der Waals surface area (Å²) in [6.45, 7) is 0. The first-order chi connectivity index (χ1) is 18.3. The lowest BCUT2D eigenvalue weighted by molar-refractivity contribution is -0.123. The highest BCUT2D eigenvalue weighted by atomic mass is 32.1. The van der Waals surface area contributed by atoms with E-state index in [2.05, 4.69) is 14.7 Å². The maximum Gasteiger partial charge on any atom is 0.273 e. The molecule has 4 aromatic rings. The number of rotatable bonds is 7. The Kier molecular flexibility index (Phi) is 7.01. The van der Waals surface area contributed by atoms with Crippen LogP contribution in [-0.2, 0) is 4.79 Å². The Labute approximate surface area is 221 Å². The maximum absolute atomic E-state index is 14.4. The molecule has 0 spiro atoms. The number of nitrogens with one attached hydrogen (secondary N) is 1. The van der Waals surface area contributed by atoms with Crippen LogP contribution in [0, 0.1) is 5.82 Å². The maximum atomic E-state index is 14.4. The number of nitrogens with two attached hydrogens (primary N) is 2. The molecule has 5 N–H and O–H groups in total. The standard InChI is InChI=1S/C27H25FN6O3S/c28-17-6-3-9-19(14-17)34(27(37)24-21(29)22(25(30)35)33-38-24)23(26(36)32-18-7-1-2-8-18)16-10-11-20-15(13-16)5-4-12-31-20/h3-6,9-14,18,23H,1-2,7-8,29H2,(H2,30,35)(H,32,36)/t23-/m0/s1. The minimum absolute atomic E-state index is 0.0356. The molecule has 0 bridgehead atoms. The third-order valence-corrected chi connectivity index (χ3v) is 7.46. The molecule has 1 saturated carbocycles. The monoisotopic (exact) mass is 532 g/mol. The number of amides is 3. The Morgan fingerprint density at radius 2 is 1.87 bits per heavy atom. The number of carbonyl (C=O) groups excluding carboxylic acids is 3. The summed E-state index contributed by atoms with van der Waals surface area (Å²) in [4.78, 5) is 45.2. The Balaban J connectivity index is 1.68. The highest BCUT2D eigenvalue weighted by molar-refractivity contribution is 7.09. The lowest BCUT2D eigenvalue weighted by Crippen LogP contribution is -2.46. The molecule has 0 saturated heterocycles. The van der Waals surface area contributed by atoms with Gasteiger partial charge in [-0.1, -0.05) is 31.0 Å². The van der Waals surface area contributed by atoms with E-state index >= 15 is 0 Å². The van der Waals surface area contributed by atoms with Crippen LogP contribution in [0.1, 0.15) is 57.4 Å². The van der Waals surface area contributed by atoms with E-state index in [0.29, 0.717) is 22.6 Å². The molecule has 1 atom stereocenters. The summed E-state index contributed by atoms with van der Waals surface area (Å²) in [6.07, 6.45) is 5.32. The molecular formula is C27H25FN6O3S. The predicted molar refractivity (Wildman–Crippen MR) is 143 cm³/mol. The van der Waals surface area contributed by atoms with Crippen molar-refractivity contribution in [1.29, 1.82) is 0 Å². The van der Waals surface area contributed by atoms with Crippen LogP contribution in [0.25, 0.3) is 10.9 Å². The van der Waals surface area contributed by atoms with E-state index in [4.69, 9.17) is 11.5 Å². The van der Waals surface area contributed by atoms with Gasteiger partial charge in [0.25, 0.3) is 11.8 Å². The fourth-order valence-corrected chi connectivity index (χ4v) is 5.52. The van der Waals surface area contributed by atoms with Gasteiger partial charge in [0.15, 0.2) is 5.69 Å². The highest BCUT2D eigenvalue weighted by Gasteiger charge is 2.37. The van der Waals surface area contributed by atoms with Crippen molar-refractivity contribution in [3.05, 3.63) is 82.7 Å². The first-order valence-electron chi connectivity index (χ1n) is 12.1. The van der Waals surface area contributed by atoms with Gasteiger partial charge >= 0.3 is 0 Å². The first-order valence-corrected chi connectivity index (χ1v) is 12.9. The second kappa shape index (κ2) is 10.5. The minimum Gasteiger partial charge on any atom is -0.395 e. The van der Waals surface area contributed by atoms with Crippen molar-refractivity contribution in [2.45, 2.75) is 37.8 Å². The van der Waals surface area contributed by atoms with Crippen LogP contribution in [-0.4, -0.2) is 33.1 Å². The summed E-state index contributed by atoms with van der Waals surface area (Å²) in [5, 5.41) is 3.84. The Morgan fingerprint density at radius 1 is 1.08 bits per heavy atom. The molecule has 1 aliphatic carbocycles. The van der Waals surface area contributed by atoms with Gasteiger partial charge in [-0.05, 0) is 66.3 Å². The topological polar surface area (TPSA) is 144 Å². The smallest absolute Gasteiger partial charge is 0.273 e. The second-order valence-corrected chi connectivity index (χ2v) is 9.91. The van der Waals surface area contributed by atoms with Crippen molar-refractivity contribution in [3.8, 4) is 0 Å². The Bertz CT molecular complexity index is 1530. The van der Waals surface area contributed by atoms with E-state index in [9.17, 15) is 18.8 Å². The van der Waals surface area contributed by atoms with Gasteiger partial charge in [-0.3, -0.25) is 24.3 Å². The van der Waals surface area contributed by atoms with Crippen molar-refractivity contribution in [3.63, 3.8) is 0 Å². The number of carbonyl (C=O) groups is 3. The van der Waals surface area contributed by atoms with E-state index < -0.39 is 29.6 Å². The fraction of sp³-hybridized carbons (Fsp3) is 0.222. The largest absolute Gasteiger partial charge is 0.395 e. The molecular weight excluding hydrogens is 507 g/mol. The van der Waals surface area contributed by atoms with Gasteiger partial charge in [-0.15, -0.1) is 0 Å². The molecule has 1 aliphatic rings. The zero-order valence-electron chi connectivity index (χ0n) is 20.3. The van der Waals surface area contributed by atoms with Gasteiger partial charge in [-0.2, -0.15) is 4.37 Å². The number of primary amides is 1. The molecule has 2 aromatic carbocycles. The van der Waals surface area contributed by atoms with Gasteiger partial charge < -0.3 is 16.8 Å². The third kappa shape index (κ3) is 4.92. The average molecular weight is 533 g/mol. The third-order valence-electron chi connectivity index (χ3n) is 6.61. The van der Waals surface area contributed by atoms with Crippen LogP contribution in [0.5, 0.6) is 0 Å². The molecule has 0 aliphatic heterocycles. The average Bonchev–Trinajstić information content (AvgIpc) is 3.56. The number of anilines is 2. The van der Waals surface area contributed by atoms with Crippen molar-refractivity contribution in [1.82, 2.24) is 14.7 Å². The quantitative estimate of drug-likeness (QED) is 0.329. The first kappa shape index (κ1) is 25.3. The van der Waals surface area contributed by atoms with Crippen LogP contribution < -0.4 is 21.7 Å². The minimum atomic E-state index is -1.19. The fourth-order valence-electron chi connectivity index (χ4n) is 4.78. The molecule has 9 nitrogen and oxygen atoms in total. The number of pyridine rings is 1. The summed E-state index contributed by atoms with van der Waals surface area (Å²) in [5.74, 6) is -2.60. The summed E-state index contributed by atoms with van der Waals surface area (Å²) in [6, 6.07) is 13.1. The summed E-state index contributed by atoms with van der Waals surface area (Å²) in [7, 11) is 0. The molecule has 2 aromatic heterocycles. The molecule has 0 radical (unpaired) electrons. The molecule has 11 heteroatoms. The van der Waals surface area contributed by atoms with Crippen LogP contribution in [0.15, 0.2) is 60.8 Å². The Hall–Kier alpha value is -4.38. The second-order valence-electron chi connectivity index (χ2n) is 9.14. The van der Waals surface area contributed by atoms with Crippen LogP contribution >= 0.6 is 11.5 Å². The number of hydrogen-bond donors (Lipinski definition) is 3. The predicted octanol–water partition coefficient (Wildman–Crippen LogP) is 3.96. The van der Waals surface area contributed by atoms with E-state index in [0.717, 1.165) is 31.1 Å². The van der Waals surface area contributed by atoms with Crippen LogP contribution in [0.3, 0.4) is 0 Å². The van der Waals surface area contributed by atoms with E-state index in [-0.39, 0.29) is 28.0 Å². The molecule has 1 fully saturated rings. The zero-order valence-corrected chi connectivity index (χ0v) is 21.1. The van der Waals surface area contributed by atoms with Gasteiger partial charge in [0.1, 0.15) is 16.7 Å². The zero-order chi connectivity index (χ0) is 26.8. The number of fused-ring (bicyclic) bond motifs is 1. The highest BCUT2D eigenvalue weighted by Crippen LogP contribution is 2.34. The molecule has 38 heavy (non-hydrogen) atoms. The normalized spacial score (nSPS) is 14.3. The lowest BCUT2D eigenvalue weighted by Gasteiger charge is -2.32. The van der Waals surface area contributed by atoms with E-state index in [1.54, 1.807) is 30.5 Å². The van der Waals surface area contributed by atoms with E-state index in [1.165, 1.54) is 29.2 Å². The SMILES string of the molecule is NC(=O)c1nsc(C(=O)N(c2cccc(F)c2)[C@H](C(=O)NC2CCCC2)c2ccc3ncccc3c2)c1N. The lowest BCUT2D eigenvalue weighted by atomic mass is 9.99. The number of aromatic nitrogens is 2. The number of halogens is 1. The summed E-state index contributed by atoms with van der Waals surface area (Å²) >= 11 is 0.697. The number of nitrogens with zero attached hydrogens (tertiary/aromatic N) is 3. The van der Waals surface area contributed by atoms with Gasteiger partial charge in [0.05, 0.1) is 11.2 Å². The van der Waals surface area contributed by atoms with Crippen LogP contribution in [0.2, 0.25) is 0 Å². The number of hydrogen-bond acceptors (Lipinski definition) is 7. The van der Waals surface area contributed by atoms with Crippen molar-refractivity contribution in [2.75, 3.05) is 10.6 Å². The van der Waals surface area contributed by atoms with Crippen molar-refractivity contribution < 1.29 is 18.8 Å². The van der Waals surface area contributed by atoms with Gasteiger partial charge in [0.2, 0.25) is 5.91 Å². The molecule has 0 unspecified atom stereocenters. The Morgan fingerprint density at radius 3 is 2.58 bits per heavy atom. The summed E-state index contributed by atoms with van der Waals surface area (Å²) in [5.41, 5.74) is 12.4. The van der Waals surface area contributed by atoms with Gasteiger partial charge in [-0.25, -0.2) is 4.39 Å². The van der Waals surface area contributed by atoms with Crippen LogP contribution in [0.4, 0.5) is 15.8 Å². The molecule has 194 valence electrons. The van der Waals surface area contributed by atoms with Crippen molar-refractivity contribution >= 4 is 51.5 Å². The van der Waals surface area contributed by atoms with Gasteiger partial charge in [0, 0.05) is 23.3 Å². The summed E-state index contributed by atoms with van der Waals surface area (Å²) < 4.78 is 18.4.